The predicted octanol–water partition coefficient (Wildman–Crippen LogP) is 7.70. The van der Waals surface area contributed by atoms with E-state index in [1.54, 1.807) is 11.3 Å². The van der Waals surface area contributed by atoms with Crippen LogP contribution in [0.4, 0.5) is 10.7 Å². The lowest BCUT2D eigenvalue weighted by molar-refractivity contribution is 0.102. The first-order valence-corrected chi connectivity index (χ1v) is 13.0. The number of aliphatic imine (C=N–C) groups is 1. The molecule has 5 heteroatoms. The van der Waals surface area contributed by atoms with Crippen LogP contribution < -0.4 is 5.32 Å². The van der Waals surface area contributed by atoms with E-state index in [1.165, 1.54) is 22.4 Å². The molecule has 0 spiro atoms. The van der Waals surface area contributed by atoms with E-state index in [2.05, 4.69) is 67.6 Å². The molecule has 178 valence electrons. The van der Waals surface area contributed by atoms with Gasteiger partial charge in [-0.1, -0.05) is 30.3 Å². The van der Waals surface area contributed by atoms with Crippen molar-refractivity contribution < 1.29 is 4.79 Å². The van der Waals surface area contributed by atoms with E-state index in [-0.39, 0.29) is 5.91 Å². The summed E-state index contributed by atoms with van der Waals surface area (Å²) in [6, 6.07) is 14.5. The molecule has 1 N–H and O–H groups in total. The highest BCUT2D eigenvalue weighted by Gasteiger charge is 2.25. The van der Waals surface area contributed by atoms with E-state index >= 15 is 0 Å². The molecule has 2 heterocycles. The van der Waals surface area contributed by atoms with Crippen molar-refractivity contribution in [1.82, 2.24) is 4.57 Å². The zero-order valence-electron chi connectivity index (χ0n) is 20.6. The summed E-state index contributed by atoms with van der Waals surface area (Å²) in [5.74, 6) is -0.0626. The molecular formula is C30H31N3OS. The topological polar surface area (TPSA) is 46.4 Å². The number of hydrogen-bond acceptors (Lipinski definition) is 3. The van der Waals surface area contributed by atoms with Crippen LogP contribution in [0.2, 0.25) is 0 Å². The number of fused-ring (bicyclic) bond motifs is 2. The van der Waals surface area contributed by atoms with E-state index in [0.717, 1.165) is 69.8 Å². The van der Waals surface area contributed by atoms with Gasteiger partial charge in [0.05, 0.1) is 5.56 Å². The molecule has 1 aliphatic rings. The Balaban J connectivity index is 1.56. The number of nitrogens with zero attached hydrogens (tertiary/aromatic N) is 2. The van der Waals surface area contributed by atoms with Gasteiger partial charge in [0.2, 0.25) is 0 Å². The number of rotatable bonds is 6. The molecule has 4 aromatic rings. The second-order valence-electron chi connectivity index (χ2n) is 9.40. The first kappa shape index (κ1) is 23.3. The summed E-state index contributed by atoms with van der Waals surface area (Å²) >= 11 is 1.67. The Labute approximate surface area is 211 Å². The number of allylic oxidation sites excluding steroid dienone is 1. The van der Waals surface area contributed by atoms with Crippen molar-refractivity contribution in [1.29, 1.82) is 0 Å². The summed E-state index contributed by atoms with van der Waals surface area (Å²) in [7, 11) is 0. The van der Waals surface area contributed by atoms with Gasteiger partial charge in [0, 0.05) is 45.5 Å². The minimum absolute atomic E-state index is 0.0626. The number of nitrogens with one attached hydrogen (secondary N) is 1. The highest BCUT2D eigenvalue weighted by molar-refractivity contribution is 7.16. The minimum Gasteiger partial charge on any atom is -0.340 e. The van der Waals surface area contributed by atoms with Gasteiger partial charge in [0.1, 0.15) is 5.00 Å². The Kier molecular flexibility index (Phi) is 6.44. The number of para-hydroxylation sites is 1. The number of amides is 1. The SMILES string of the molecule is C=CCn1c(C)c(C=Nc2sc3c(c2C(=O)Nc2cc(C)cc(C)c2)CCCC3)c2ccccc21. The second kappa shape index (κ2) is 9.67. The molecule has 5 rings (SSSR count). The quantitative estimate of drug-likeness (QED) is 0.223. The maximum absolute atomic E-state index is 13.6. The van der Waals surface area contributed by atoms with Crippen LogP contribution in [0.1, 0.15) is 56.0 Å². The Hall–Kier alpha value is -3.44. The van der Waals surface area contributed by atoms with Crippen LogP contribution in [0.25, 0.3) is 10.9 Å². The van der Waals surface area contributed by atoms with Gasteiger partial charge in [-0.15, -0.1) is 17.9 Å². The predicted molar refractivity (Wildman–Crippen MR) is 149 cm³/mol. The second-order valence-corrected chi connectivity index (χ2v) is 10.5. The smallest absolute Gasteiger partial charge is 0.259 e. The lowest BCUT2D eigenvalue weighted by Gasteiger charge is -2.13. The van der Waals surface area contributed by atoms with Crippen LogP contribution in [0.15, 0.2) is 60.1 Å². The molecular weight excluding hydrogens is 450 g/mol. The highest BCUT2D eigenvalue weighted by atomic mass is 32.1. The third-order valence-electron chi connectivity index (χ3n) is 6.76. The zero-order valence-corrected chi connectivity index (χ0v) is 21.5. The summed E-state index contributed by atoms with van der Waals surface area (Å²) in [5.41, 5.74) is 8.45. The summed E-state index contributed by atoms with van der Waals surface area (Å²) in [6.45, 7) is 10.9. The standard InChI is InChI=1S/C30H31N3OS/c1-5-14-33-21(4)25(23-10-6-8-12-26(23)33)18-31-30-28(24-11-7-9-13-27(24)35-30)29(34)32-22-16-19(2)15-20(3)17-22/h5-6,8,10,12,15-18H,1,7,9,11,13-14H2,2-4H3,(H,32,34). The van der Waals surface area contributed by atoms with Gasteiger partial charge in [-0.25, -0.2) is 4.99 Å². The number of anilines is 1. The molecule has 0 fully saturated rings. The first-order valence-electron chi connectivity index (χ1n) is 12.2. The molecule has 1 amide bonds. The molecule has 2 aromatic carbocycles. The number of hydrogen-bond donors (Lipinski definition) is 1. The molecule has 35 heavy (non-hydrogen) atoms. The van der Waals surface area contributed by atoms with Gasteiger partial charge < -0.3 is 9.88 Å². The van der Waals surface area contributed by atoms with Crippen LogP contribution in [0.5, 0.6) is 0 Å². The fourth-order valence-corrected chi connectivity index (χ4v) is 6.46. The van der Waals surface area contributed by atoms with Gasteiger partial charge in [-0.05, 0) is 81.3 Å². The average Bonchev–Trinajstić information content (AvgIpc) is 3.32. The number of carbonyl (C=O) groups excluding carboxylic acids is 1. The molecule has 4 nitrogen and oxygen atoms in total. The van der Waals surface area contributed by atoms with Gasteiger partial charge in [0.25, 0.3) is 5.91 Å². The van der Waals surface area contributed by atoms with Crippen molar-refractivity contribution in [2.45, 2.75) is 53.0 Å². The van der Waals surface area contributed by atoms with Crippen molar-refractivity contribution in [3.8, 4) is 0 Å². The van der Waals surface area contributed by atoms with Gasteiger partial charge in [0.15, 0.2) is 0 Å². The highest BCUT2D eigenvalue weighted by Crippen LogP contribution is 2.40. The molecule has 0 saturated carbocycles. The Morgan fingerprint density at radius 3 is 2.63 bits per heavy atom. The number of aryl methyl sites for hydroxylation is 3. The van der Waals surface area contributed by atoms with Crippen LogP contribution in [-0.4, -0.2) is 16.7 Å². The Morgan fingerprint density at radius 2 is 1.86 bits per heavy atom. The molecule has 0 unspecified atom stereocenters. The maximum atomic E-state index is 13.6. The van der Waals surface area contributed by atoms with E-state index < -0.39 is 0 Å². The number of aromatic nitrogens is 1. The van der Waals surface area contributed by atoms with Gasteiger partial charge in [-0.2, -0.15) is 0 Å². The van der Waals surface area contributed by atoms with Crippen LogP contribution in [0, 0.1) is 20.8 Å². The number of benzene rings is 2. The summed E-state index contributed by atoms with van der Waals surface area (Å²) in [5, 5.41) is 5.12. The Morgan fingerprint density at radius 1 is 1.11 bits per heavy atom. The molecule has 2 aromatic heterocycles. The molecule has 0 saturated heterocycles. The molecule has 1 aliphatic carbocycles. The minimum atomic E-state index is -0.0626. The lowest BCUT2D eigenvalue weighted by atomic mass is 9.95. The fourth-order valence-electron chi connectivity index (χ4n) is 5.23. The van der Waals surface area contributed by atoms with Crippen LogP contribution >= 0.6 is 11.3 Å². The number of thiophene rings is 1. The summed E-state index contributed by atoms with van der Waals surface area (Å²) in [4.78, 5) is 19.8. The third-order valence-corrected chi connectivity index (χ3v) is 7.96. The average molecular weight is 482 g/mol. The zero-order chi connectivity index (χ0) is 24.5. The number of carbonyl (C=O) groups is 1. The van der Waals surface area contributed by atoms with E-state index in [1.807, 2.05) is 24.4 Å². The van der Waals surface area contributed by atoms with E-state index in [9.17, 15) is 4.79 Å². The van der Waals surface area contributed by atoms with Gasteiger partial charge >= 0.3 is 0 Å². The molecule has 0 bridgehead atoms. The third kappa shape index (κ3) is 4.48. The van der Waals surface area contributed by atoms with Crippen LogP contribution in [0.3, 0.4) is 0 Å². The maximum Gasteiger partial charge on any atom is 0.259 e. The van der Waals surface area contributed by atoms with Crippen molar-refractivity contribution in [3.63, 3.8) is 0 Å². The molecule has 0 atom stereocenters. The Bertz CT molecular complexity index is 1450. The van der Waals surface area contributed by atoms with E-state index in [0.29, 0.717) is 0 Å². The van der Waals surface area contributed by atoms with E-state index in [4.69, 9.17) is 4.99 Å². The molecule has 0 radical (unpaired) electrons. The van der Waals surface area contributed by atoms with Crippen LogP contribution in [-0.2, 0) is 19.4 Å². The van der Waals surface area contributed by atoms with Crippen molar-refractivity contribution in [2.24, 2.45) is 4.99 Å². The summed E-state index contributed by atoms with van der Waals surface area (Å²) in [6.07, 6.45) is 8.12. The normalized spacial score (nSPS) is 13.3. The fraction of sp³-hybridized carbons (Fsp3) is 0.267. The molecule has 0 aliphatic heterocycles. The van der Waals surface area contributed by atoms with Crippen molar-refractivity contribution in [3.05, 3.63) is 93.5 Å². The summed E-state index contributed by atoms with van der Waals surface area (Å²) < 4.78 is 2.26. The first-order chi connectivity index (χ1) is 17.0. The van der Waals surface area contributed by atoms with Gasteiger partial charge in [-0.3, -0.25) is 4.79 Å². The largest absolute Gasteiger partial charge is 0.340 e. The van der Waals surface area contributed by atoms with Crippen molar-refractivity contribution >= 4 is 45.0 Å². The monoisotopic (exact) mass is 481 g/mol. The van der Waals surface area contributed by atoms with Crippen molar-refractivity contribution in [2.75, 3.05) is 5.32 Å². The lowest BCUT2D eigenvalue weighted by Crippen LogP contribution is -2.15.